The van der Waals surface area contributed by atoms with E-state index < -0.39 is 0 Å². The van der Waals surface area contributed by atoms with Gasteiger partial charge in [0.25, 0.3) is 5.91 Å². The van der Waals surface area contributed by atoms with Crippen molar-refractivity contribution in [2.45, 2.75) is 33.2 Å². The molecular formula is C24H26N2O5. The van der Waals surface area contributed by atoms with Crippen LogP contribution in [0.1, 0.15) is 22.3 Å². The third kappa shape index (κ3) is 4.61. The molecule has 0 bridgehead atoms. The molecule has 1 N–H and O–H groups in total. The first-order valence-electron chi connectivity index (χ1n) is 10.4. The van der Waals surface area contributed by atoms with Crippen LogP contribution >= 0.6 is 0 Å². The van der Waals surface area contributed by atoms with Gasteiger partial charge < -0.3 is 19.2 Å². The van der Waals surface area contributed by atoms with Gasteiger partial charge in [0, 0.05) is 23.9 Å². The first-order chi connectivity index (χ1) is 14.9. The smallest absolute Gasteiger partial charge is 0.339 e. The Hall–Kier alpha value is -3.19. The summed E-state index contributed by atoms with van der Waals surface area (Å²) in [6, 6.07) is 7.54. The number of rotatable bonds is 6. The molecule has 0 saturated carbocycles. The molecule has 2 aromatic heterocycles. The second kappa shape index (κ2) is 8.89. The van der Waals surface area contributed by atoms with Gasteiger partial charge in [0.1, 0.15) is 11.3 Å². The van der Waals surface area contributed by atoms with Gasteiger partial charge in [0.2, 0.25) is 0 Å². The van der Waals surface area contributed by atoms with Crippen molar-refractivity contribution < 1.29 is 18.7 Å². The van der Waals surface area contributed by atoms with Crippen LogP contribution < -0.4 is 15.7 Å². The number of carbonyl (C=O) groups excluding carboxylic acids is 1. The van der Waals surface area contributed by atoms with E-state index in [4.69, 9.17) is 13.9 Å². The van der Waals surface area contributed by atoms with Gasteiger partial charge in [-0.3, -0.25) is 9.78 Å². The Bertz CT molecular complexity index is 1160. The molecule has 3 aromatic rings. The van der Waals surface area contributed by atoms with Crippen molar-refractivity contribution >= 4 is 16.9 Å². The number of hydrogen-bond donors (Lipinski definition) is 1. The second-order valence-corrected chi connectivity index (χ2v) is 8.10. The van der Waals surface area contributed by atoms with Crippen LogP contribution in [0.3, 0.4) is 0 Å². The summed E-state index contributed by atoms with van der Waals surface area (Å²) in [6.45, 7) is 6.43. The summed E-state index contributed by atoms with van der Waals surface area (Å²) in [7, 11) is 0. The predicted octanol–water partition coefficient (Wildman–Crippen LogP) is 2.87. The van der Waals surface area contributed by atoms with Crippen molar-refractivity contribution in [3.05, 3.63) is 69.3 Å². The highest BCUT2D eigenvalue weighted by Crippen LogP contribution is 2.30. The van der Waals surface area contributed by atoms with E-state index >= 15 is 0 Å². The van der Waals surface area contributed by atoms with E-state index in [2.05, 4.69) is 10.3 Å². The maximum absolute atomic E-state index is 12.6. The predicted molar refractivity (Wildman–Crippen MR) is 116 cm³/mol. The monoisotopic (exact) mass is 422 g/mol. The number of carbonyl (C=O) groups is 1. The van der Waals surface area contributed by atoms with Crippen LogP contribution in [0, 0.1) is 26.7 Å². The topological polar surface area (TPSA) is 90.7 Å². The SMILES string of the molecule is Cc1cc(OCC(=O)N[C@H]2COC[C@H]2Cc2ccncc2)c2c(C)c(C)c(=O)oc2c1. The van der Waals surface area contributed by atoms with Gasteiger partial charge in [-0.05, 0) is 68.1 Å². The van der Waals surface area contributed by atoms with Gasteiger partial charge in [-0.25, -0.2) is 4.79 Å². The number of ether oxygens (including phenoxy) is 2. The zero-order valence-corrected chi connectivity index (χ0v) is 17.9. The highest BCUT2D eigenvalue weighted by Gasteiger charge is 2.29. The summed E-state index contributed by atoms with van der Waals surface area (Å²) < 4.78 is 16.9. The summed E-state index contributed by atoms with van der Waals surface area (Å²) in [5, 5.41) is 3.76. The fourth-order valence-electron chi connectivity index (χ4n) is 3.97. The number of aryl methyl sites for hydroxylation is 2. The van der Waals surface area contributed by atoms with E-state index in [0.717, 1.165) is 22.9 Å². The molecule has 2 atom stereocenters. The van der Waals surface area contributed by atoms with Crippen LogP contribution in [0.25, 0.3) is 11.0 Å². The fourth-order valence-corrected chi connectivity index (χ4v) is 3.97. The average Bonchev–Trinajstić information content (AvgIpc) is 3.17. The molecule has 1 amide bonds. The summed E-state index contributed by atoms with van der Waals surface area (Å²) in [4.78, 5) is 28.7. The van der Waals surface area contributed by atoms with E-state index in [0.29, 0.717) is 30.1 Å². The maximum atomic E-state index is 12.6. The van der Waals surface area contributed by atoms with Crippen LogP contribution in [0.4, 0.5) is 0 Å². The molecule has 7 nitrogen and oxygen atoms in total. The zero-order chi connectivity index (χ0) is 22.0. The minimum absolute atomic E-state index is 0.0690. The quantitative estimate of drug-likeness (QED) is 0.615. The molecule has 31 heavy (non-hydrogen) atoms. The van der Waals surface area contributed by atoms with Crippen LogP contribution in [-0.2, 0) is 16.0 Å². The van der Waals surface area contributed by atoms with Crippen LogP contribution in [0.5, 0.6) is 5.75 Å². The van der Waals surface area contributed by atoms with Gasteiger partial charge >= 0.3 is 5.63 Å². The van der Waals surface area contributed by atoms with Crippen molar-refractivity contribution in [1.29, 1.82) is 0 Å². The van der Waals surface area contributed by atoms with E-state index in [1.165, 1.54) is 5.56 Å². The Morgan fingerprint density at radius 3 is 2.71 bits per heavy atom. The summed E-state index contributed by atoms with van der Waals surface area (Å²) in [5.74, 6) is 0.521. The largest absolute Gasteiger partial charge is 0.483 e. The minimum Gasteiger partial charge on any atom is -0.483 e. The molecule has 0 spiro atoms. The maximum Gasteiger partial charge on any atom is 0.339 e. The molecule has 0 aliphatic carbocycles. The normalized spacial score (nSPS) is 18.3. The first-order valence-corrected chi connectivity index (χ1v) is 10.4. The Labute approximate surface area is 180 Å². The summed E-state index contributed by atoms with van der Waals surface area (Å²) in [5.41, 5.74) is 3.48. The first kappa shape index (κ1) is 21.1. The number of aromatic nitrogens is 1. The fraction of sp³-hybridized carbons (Fsp3) is 0.375. The molecule has 1 fully saturated rings. The zero-order valence-electron chi connectivity index (χ0n) is 17.9. The van der Waals surface area contributed by atoms with Crippen molar-refractivity contribution in [3.8, 4) is 5.75 Å². The third-order valence-electron chi connectivity index (χ3n) is 5.81. The third-order valence-corrected chi connectivity index (χ3v) is 5.81. The van der Waals surface area contributed by atoms with Gasteiger partial charge in [0.15, 0.2) is 6.61 Å². The number of benzene rings is 1. The lowest BCUT2D eigenvalue weighted by atomic mass is 9.95. The molecule has 1 aliphatic heterocycles. The molecule has 3 heterocycles. The number of fused-ring (bicyclic) bond motifs is 1. The van der Waals surface area contributed by atoms with Gasteiger partial charge in [0.05, 0.1) is 24.6 Å². The van der Waals surface area contributed by atoms with Crippen LogP contribution in [-0.4, -0.2) is 36.8 Å². The standard InChI is InChI=1S/C24H26N2O5/c1-14-8-20(23-15(2)16(3)24(28)31-21(23)9-14)30-13-22(27)26-19-12-29-11-18(19)10-17-4-6-25-7-5-17/h4-9,18-19H,10-13H2,1-3H3,(H,26,27)/t18-,19+/m1/s1. The molecule has 4 rings (SSSR count). The van der Waals surface area contributed by atoms with Crippen LogP contribution in [0.15, 0.2) is 45.9 Å². The van der Waals surface area contributed by atoms with E-state index in [1.54, 1.807) is 25.4 Å². The Morgan fingerprint density at radius 1 is 1.16 bits per heavy atom. The molecule has 1 aliphatic rings. The molecule has 0 radical (unpaired) electrons. The number of nitrogens with zero attached hydrogens (tertiary/aromatic N) is 1. The highest BCUT2D eigenvalue weighted by molar-refractivity contribution is 5.88. The Kier molecular flexibility index (Phi) is 6.04. The van der Waals surface area contributed by atoms with Crippen molar-refractivity contribution in [1.82, 2.24) is 10.3 Å². The molecule has 1 aromatic carbocycles. The molecule has 0 unspecified atom stereocenters. The van der Waals surface area contributed by atoms with E-state index in [-0.39, 0.29) is 30.1 Å². The Morgan fingerprint density at radius 2 is 1.94 bits per heavy atom. The lowest BCUT2D eigenvalue weighted by Crippen LogP contribution is -2.42. The molecule has 1 saturated heterocycles. The van der Waals surface area contributed by atoms with Crippen LogP contribution in [0.2, 0.25) is 0 Å². The van der Waals surface area contributed by atoms with E-state index in [9.17, 15) is 9.59 Å². The lowest BCUT2D eigenvalue weighted by molar-refractivity contribution is -0.124. The van der Waals surface area contributed by atoms with Gasteiger partial charge in [-0.15, -0.1) is 0 Å². The molecule has 162 valence electrons. The summed E-state index contributed by atoms with van der Waals surface area (Å²) in [6.07, 6.45) is 4.35. The van der Waals surface area contributed by atoms with Crippen molar-refractivity contribution in [3.63, 3.8) is 0 Å². The number of hydrogen-bond acceptors (Lipinski definition) is 6. The number of nitrogens with one attached hydrogen (secondary N) is 1. The number of amides is 1. The second-order valence-electron chi connectivity index (χ2n) is 8.10. The van der Waals surface area contributed by atoms with Gasteiger partial charge in [-0.1, -0.05) is 0 Å². The minimum atomic E-state index is -0.360. The number of pyridine rings is 1. The average molecular weight is 422 g/mol. The van der Waals surface area contributed by atoms with E-state index in [1.807, 2.05) is 32.0 Å². The van der Waals surface area contributed by atoms with Gasteiger partial charge in [-0.2, -0.15) is 0 Å². The van der Waals surface area contributed by atoms with Crippen molar-refractivity contribution in [2.75, 3.05) is 19.8 Å². The Balaban J connectivity index is 1.45. The highest BCUT2D eigenvalue weighted by atomic mass is 16.5. The molecule has 7 heteroatoms. The summed E-state index contributed by atoms with van der Waals surface area (Å²) >= 11 is 0. The molecular weight excluding hydrogens is 396 g/mol. The van der Waals surface area contributed by atoms with Crippen molar-refractivity contribution in [2.24, 2.45) is 5.92 Å². The lowest BCUT2D eigenvalue weighted by Gasteiger charge is -2.19.